The molecule has 0 radical (unpaired) electrons. The molecule has 0 atom stereocenters. The lowest BCUT2D eigenvalue weighted by Gasteiger charge is -2.28. The van der Waals surface area contributed by atoms with E-state index in [9.17, 15) is 9.59 Å². The highest BCUT2D eigenvalue weighted by atomic mass is 16.5. The monoisotopic (exact) mass is 381 g/mol. The fraction of sp³-hybridized carbons (Fsp3) is 0.364. The average Bonchev–Trinajstić information content (AvgIpc) is 2.75. The lowest BCUT2D eigenvalue weighted by Crippen LogP contribution is -2.29. The second-order valence-corrected chi connectivity index (χ2v) is 6.89. The van der Waals surface area contributed by atoms with Crippen molar-refractivity contribution in [2.45, 2.75) is 25.7 Å². The van der Waals surface area contributed by atoms with Crippen LogP contribution in [0.3, 0.4) is 0 Å². The fourth-order valence-corrected chi connectivity index (χ4v) is 3.29. The molecule has 3 rings (SSSR count). The third kappa shape index (κ3) is 5.49. The summed E-state index contributed by atoms with van der Waals surface area (Å²) >= 11 is 0. The van der Waals surface area contributed by atoms with Crippen molar-refractivity contribution < 1.29 is 14.3 Å². The lowest BCUT2D eigenvalue weighted by molar-refractivity contribution is -0.115. The maximum atomic E-state index is 12.1. The molecule has 0 aliphatic carbocycles. The van der Waals surface area contributed by atoms with Crippen molar-refractivity contribution in [2.75, 3.05) is 42.3 Å². The normalized spacial score (nSPS) is 13.7. The maximum Gasteiger partial charge on any atom is 0.337 e. The molecule has 1 heterocycles. The van der Waals surface area contributed by atoms with Crippen LogP contribution in [0.1, 0.15) is 36.0 Å². The molecule has 2 aromatic carbocycles. The third-order valence-electron chi connectivity index (χ3n) is 4.86. The van der Waals surface area contributed by atoms with Crippen LogP contribution in [-0.4, -0.2) is 38.6 Å². The Hall–Kier alpha value is -3.02. The second-order valence-electron chi connectivity index (χ2n) is 6.89. The van der Waals surface area contributed by atoms with E-state index < -0.39 is 5.97 Å². The molecule has 0 saturated carbocycles. The van der Waals surface area contributed by atoms with Crippen LogP contribution in [-0.2, 0) is 9.53 Å². The van der Waals surface area contributed by atoms with Crippen molar-refractivity contribution in [3.8, 4) is 0 Å². The number of ether oxygens (including phenoxy) is 1. The van der Waals surface area contributed by atoms with E-state index in [2.05, 4.69) is 44.5 Å². The van der Waals surface area contributed by atoms with Crippen molar-refractivity contribution in [3.63, 3.8) is 0 Å². The first-order valence-electron chi connectivity index (χ1n) is 9.73. The van der Waals surface area contributed by atoms with E-state index in [1.807, 2.05) is 0 Å². The molecule has 0 aromatic heterocycles. The molecule has 1 saturated heterocycles. The van der Waals surface area contributed by atoms with Crippen molar-refractivity contribution >= 4 is 28.9 Å². The van der Waals surface area contributed by atoms with Gasteiger partial charge in [-0.2, -0.15) is 0 Å². The first-order valence-corrected chi connectivity index (χ1v) is 9.73. The number of nitrogens with one attached hydrogen (secondary N) is 2. The predicted molar refractivity (Wildman–Crippen MR) is 112 cm³/mol. The molecule has 6 heteroatoms. The Balaban J connectivity index is 1.41. The number of nitrogens with zero attached hydrogens (tertiary/aromatic N) is 1. The first kappa shape index (κ1) is 19.7. The molecule has 0 unspecified atom stereocenters. The number of amides is 1. The Morgan fingerprint density at radius 2 is 1.57 bits per heavy atom. The van der Waals surface area contributed by atoms with Crippen LogP contribution >= 0.6 is 0 Å². The Morgan fingerprint density at radius 3 is 2.21 bits per heavy atom. The quantitative estimate of drug-likeness (QED) is 0.712. The molecule has 2 aromatic rings. The van der Waals surface area contributed by atoms with Gasteiger partial charge in [0.1, 0.15) is 0 Å². The largest absolute Gasteiger partial charge is 0.465 e. The van der Waals surface area contributed by atoms with Crippen LogP contribution in [0.4, 0.5) is 17.1 Å². The molecule has 28 heavy (non-hydrogen) atoms. The Bertz CT molecular complexity index is 782. The minimum absolute atomic E-state index is 0.0803. The summed E-state index contributed by atoms with van der Waals surface area (Å²) in [7, 11) is 1.34. The summed E-state index contributed by atoms with van der Waals surface area (Å²) < 4.78 is 4.66. The topological polar surface area (TPSA) is 70.7 Å². The summed E-state index contributed by atoms with van der Waals surface area (Å²) in [6.45, 7) is 2.82. The van der Waals surface area contributed by atoms with Crippen molar-refractivity contribution in [1.82, 2.24) is 0 Å². The molecule has 1 amide bonds. The van der Waals surface area contributed by atoms with Gasteiger partial charge in [0.15, 0.2) is 0 Å². The smallest absolute Gasteiger partial charge is 0.337 e. The van der Waals surface area contributed by atoms with E-state index in [1.165, 1.54) is 32.1 Å². The first-order chi connectivity index (χ1) is 13.7. The highest BCUT2D eigenvalue weighted by molar-refractivity contribution is 5.93. The molecule has 2 N–H and O–H groups in total. The van der Waals surface area contributed by atoms with Crippen molar-refractivity contribution in [2.24, 2.45) is 0 Å². The Kier molecular flexibility index (Phi) is 6.89. The zero-order valence-corrected chi connectivity index (χ0v) is 16.2. The summed E-state index contributed by atoms with van der Waals surface area (Å²) in [5.41, 5.74) is 3.38. The molecular weight excluding hydrogens is 354 g/mol. The lowest BCUT2D eigenvalue weighted by atomic mass is 10.1. The molecule has 148 valence electrons. The minimum Gasteiger partial charge on any atom is -0.465 e. The average molecular weight is 381 g/mol. The molecular formula is C22H27N3O3. The number of anilines is 3. The summed E-state index contributed by atoms with van der Waals surface area (Å²) in [6.07, 6.45) is 4.21. The van der Waals surface area contributed by atoms with Gasteiger partial charge in [-0.15, -0.1) is 0 Å². The SMILES string of the molecule is COC(=O)c1ccc(NC(=O)CCNc2ccc(N3CCCCC3)cc2)cc1. The number of hydrogen-bond acceptors (Lipinski definition) is 5. The van der Waals surface area contributed by atoms with Crippen molar-refractivity contribution in [1.29, 1.82) is 0 Å². The highest BCUT2D eigenvalue weighted by Gasteiger charge is 2.10. The van der Waals surface area contributed by atoms with Gasteiger partial charge in [-0.25, -0.2) is 4.79 Å². The third-order valence-corrected chi connectivity index (χ3v) is 4.86. The van der Waals surface area contributed by atoms with E-state index >= 15 is 0 Å². The van der Waals surface area contributed by atoms with Crippen LogP contribution in [0.15, 0.2) is 48.5 Å². The van der Waals surface area contributed by atoms with Gasteiger partial charge in [-0.1, -0.05) is 0 Å². The highest BCUT2D eigenvalue weighted by Crippen LogP contribution is 2.21. The summed E-state index contributed by atoms with van der Waals surface area (Å²) in [5, 5.41) is 6.11. The van der Waals surface area contributed by atoms with Crippen LogP contribution in [0, 0.1) is 0 Å². The van der Waals surface area contributed by atoms with Gasteiger partial charge >= 0.3 is 5.97 Å². The zero-order chi connectivity index (χ0) is 19.8. The fourth-order valence-electron chi connectivity index (χ4n) is 3.29. The maximum absolute atomic E-state index is 12.1. The van der Waals surface area contributed by atoms with E-state index in [4.69, 9.17) is 0 Å². The molecule has 6 nitrogen and oxygen atoms in total. The number of carbonyl (C=O) groups is 2. The van der Waals surface area contributed by atoms with Gasteiger partial charge in [0.2, 0.25) is 5.91 Å². The van der Waals surface area contributed by atoms with E-state index in [-0.39, 0.29) is 5.91 Å². The number of hydrogen-bond donors (Lipinski definition) is 2. The minimum atomic E-state index is -0.395. The molecule has 0 bridgehead atoms. The van der Waals surface area contributed by atoms with Gasteiger partial charge in [-0.05, 0) is 67.8 Å². The Morgan fingerprint density at radius 1 is 0.929 bits per heavy atom. The van der Waals surface area contributed by atoms with Gasteiger partial charge in [0, 0.05) is 43.1 Å². The van der Waals surface area contributed by atoms with Crippen LogP contribution < -0.4 is 15.5 Å². The standard InChI is InChI=1S/C22H27N3O3/c1-28-22(27)17-5-7-19(8-6-17)24-21(26)13-14-23-18-9-11-20(12-10-18)25-15-3-2-4-16-25/h5-12,23H,2-4,13-16H2,1H3,(H,24,26). The summed E-state index contributed by atoms with van der Waals surface area (Å²) in [6, 6.07) is 15.0. The van der Waals surface area contributed by atoms with Crippen LogP contribution in [0.5, 0.6) is 0 Å². The molecule has 0 spiro atoms. The number of rotatable bonds is 7. The number of piperidine rings is 1. The van der Waals surface area contributed by atoms with Crippen LogP contribution in [0.2, 0.25) is 0 Å². The predicted octanol–water partition coefficient (Wildman–Crippen LogP) is 3.90. The van der Waals surface area contributed by atoms with E-state index in [0.717, 1.165) is 18.8 Å². The van der Waals surface area contributed by atoms with Gasteiger partial charge in [-0.3, -0.25) is 4.79 Å². The van der Waals surface area contributed by atoms with Crippen molar-refractivity contribution in [3.05, 3.63) is 54.1 Å². The number of methoxy groups -OCH3 is 1. The number of benzene rings is 2. The van der Waals surface area contributed by atoms with Crippen LogP contribution in [0.25, 0.3) is 0 Å². The van der Waals surface area contributed by atoms with E-state index in [1.54, 1.807) is 24.3 Å². The summed E-state index contributed by atoms with van der Waals surface area (Å²) in [5.74, 6) is -0.475. The molecule has 1 fully saturated rings. The zero-order valence-electron chi connectivity index (χ0n) is 16.2. The number of carbonyl (C=O) groups excluding carboxylic acids is 2. The molecule has 1 aliphatic heterocycles. The second kappa shape index (κ2) is 9.78. The Labute approximate surface area is 165 Å². The van der Waals surface area contributed by atoms with E-state index in [0.29, 0.717) is 24.2 Å². The van der Waals surface area contributed by atoms with Gasteiger partial charge in [0.05, 0.1) is 12.7 Å². The molecule has 1 aliphatic rings. The number of esters is 1. The van der Waals surface area contributed by atoms with Gasteiger partial charge < -0.3 is 20.3 Å². The summed E-state index contributed by atoms with van der Waals surface area (Å²) in [4.78, 5) is 25.9. The van der Waals surface area contributed by atoms with Gasteiger partial charge in [0.25, 0.3) is 0 Å².